The normalized spacial score (nSPS) is 13.9. The molecule has 1 aromatic heterocycles. The van der Waals surface area contributed by atoms with Crippen molar-refractivity contribution in [1.29, 1.82) is 0 Å². The molecular formula is C54H77F2N7O12S2Si. The van der Waals surface area contributed by atoms with E-state index >= 15 is 4.39 Å². The van der Waals surface area contributed by atoms with Gasteiger partial charge in [-0.2, -0.15) is 10.6 Å². The van der Waals surface area contributed by atoms with Crippen molar-refractivity contribution in [1.82, 2.24) is 35.6 Å². The molecule has 0 radical (unpaired) electrons. The maximum Gasteiger partial charge on any atom is 0.407 e. The van der Waals surface area contributed by atoms with Crippen LogP contribution in [-0.4, -0.2) is 153 Å². The number of thioether (sulfide) groups is 1. The van der Waals surface area contributed by atoms with Crippen LogP contribution in [0, 0.1) is 17.0 Å². The zero-order valence-electron chi connectivity index (χ0n) is 46.1. The molecule has 19 nitrogen and oxygen atoms in total. The second-order valence-electron chi connectivity index (χ2n) is 22.1. The third kappa shape index (κ3) is 22.3. The van der Waals surface area contributed by atoms with Gasteiger partial charge >= 0.3 is 12.1 Å². The molecule has 0 unspecified atom stereocenters. The summed E-state index contributed by atoms with van der Waals surface area (Å²) in [5, 5.41) is 10.5. The number of imide groups is 1. The van der Waals surface area contributed by atoms with Gasteiger partial charge in [0.2, 0.25) is 23.6 Å². The topological polar surface area (TPSA) is 255 Å². The largest absolute Gasteiger partial charge is 0.460 e. The molecular weight excluding hydrogens is 1070 g/mol. The van der Waals surface area contributed by atoms with Crippen molar-refractivity contribution in [3.63, 3.8) is 0 Å². The van der Waals surface area contributed by atoms with Crippen LogP contribution in [0.2, 0.25) is 25.7 Å². The maximum absolute atomic E-state index is 15.5. The van der Waals surface area contributed by atoms with Gasteiger partial charge in [-0.3, -0.25) is 47.6 Å². The Labute approximate surface area is 462 Å². The number of amides is 7. The molecule has 4 rings (SSSR count). The number of hydrogen-bond donors (Lipinski definition) is 6. The zero-order valence-corrected chi connectivity index (χ0v) is 48.7. The summed E-state index contributed by atoms with van der Waals surface area (Å²) in [6, 6.07) is 13.2. The maximum atomic E-state index is 15.5. The van der Waals surface area contributed by atoms with Gasteiger partial charge in [0, 0.05) is 88.1 Å². The molecule has 1 aliphatic rings. The van der Waals surface area contributed by atoms with Crippen molar-refractivity contribution >= 4 is 77.9 Å². The number of carbonyl (C=O) groups is 8. The summed E-state index contributed by atoms with van der Waals surface area (Å²) in [6.07, 6.45) is 2.84. The number of hydrogen-bond acceptors (Lipinski definition) is 13. The molecule has 2 atom stereocenters. The summed E-state index contributed by atoms with van der Waals surface area (Å²) in [6.45, 7) is 17.1. The molecule has 6 N–H and O–H groups in total. The standard InChI is InChI=1S/C54H77F2N7O12S2Si/c1-53(2,3)50(43-30-38(40-31-39(55)16-17-41(40)56)33-61(43)32-37-14-11-10-12-15-37)62(25-13-22-59-52(71)74-26-29-78(7,8)9)48(68)36-76-35-42(60-44(64)18-21-49(69)75-54(4,5)6)51(70)58-24-28-77(72,73)27-23-57-45(65)34-63-46(66)19-20-47(63)67/h10-12,14-17,19-20,30-31,33,42,50,72-73H,13,18,21-29,32,34-36H2,1-9H3,(H,57,65)(H,58,70)(H,59,71)(H,60,64)/t42-,50-/m0/s1. The van der Waals surface area contributed by atoms with Crippen LogP contribution in [0.15, 0.2) is 72.9 Å². The molecule has 0 fully saturated rings. The van der Waals surface area contributed by atoms with E-state index in [9.17, 15) is 51.9 Å². The van der Waals surface area contributed by atoms with Crippen LogP contribution in [0.1, 0.15) is 78.1 Å². The Hall–Kier alpha value is -6.08. The third-order valence-corrected chi connectivity index (χ3v) is 16.3. The molecule has 0 bridgehead atoms. The Morgan fingerprint density at radius 2 is 1.49 bits per heavy atom. The average molecular weight is 1150 g/mol. The van der Waals surface area contributed by atoms with Crippen LogP contribution >= 0.6 is 22.4 Å². The van der Waals surface area contributed by atoms with E-state index in [0.29, 0.717) is 17.8 Å². The van der Waals surface area contributed by atoms with Crippen molar-refractivity contribution in [2.45, 2.75) is 111 Å². The monoisotopic (exact) mass is 1150 g/mol. The van der Waals surface area contributed by atoms with Crippen molar-refractivity contribution in [3.05, 3.63) is 95.8 Å². The van der Waals surface area contributed by atoms with Gasteiger partial charge in [0.15, 0.2) is 0 Å². The van der Waals surface area contributed by atoms with Crippen LogP contribution in [0.25, 0.3) is 11.1 Å². The minimum Gasteiger partial charge on any atom is -0.460 e. The Bertz CT molecular complexity index is 2600. The minimum atomic E-state index is -3.40. The summed E-state index contributed by atoms with van der Waals surface area (Å²) in [5.41, 5.74) is 0.387. The van der Waals surface area contributed by atoms with Crippen molar-refractivity contribution in [3.8, 4) is 11.1 Å². The minimum absolute atomic E-state index is 0.0257. The number of nitrogens with one attached hydrogen (secondary N) is 4. The van der Waals surface area contributed by atoms with E-state index in [1.165, 1.54) is 0 Å². The highest BCUT2D eigenvalue weighted by Crippen LogP contribution is 2.42. The first-order valence-electron chi connectivity index (χ1n) is 25.7. The second-order valence-corrected chi connectivity index (χ2v) is 31.2. The SMILES string of the molecule is CC(C)(C)OC(=O)CCC(=O)N[C@@H](CSCC(=O)N(CCCNC(=O)OCC[Si](C)(C)C)[C@@H](c1cc(-c2cc(F)ccc2F)cn1Cc1ccccc1)C(C)(C)C)C(=O)NCCS(O)(O)CCNC(=O)CN1C(=O)C=CC1=O. The molecule has 2 heterocycles. The highest BCUT2D eigenvalue weighted by molar-refractivity contribution is 8.24. The summed E-state index contributed by atoms with van der Waals surface area (Å²) >= 11 is 1.03. The smallest absolute Gasteiger partial charge is 0.407 e. The molecule has 430 valence electrons. The number of carbonyl (C=O) groups excluding carboxylic acids is 8. The van der Waals surface area contributed by atoms with E-state index in [2.05, 4.69) is 40.9 Å². The van der Waals surface area contributed by atoms with Gasteiger partial charge in [-0.15, -0.1) is 11.8 Å². The van der Waals surface area contributed by atoms with Gasteiger partial charge in [0.1, 0.15) is 29.8 Å². The number of nitrogens with zero attached hydrogens (tertiary/aromatic N) is 3. The van der Waals surface area contributed by atoms with E-state index in [0.717, 1.165) is 58.6 Å². The second kappa shape index (κ2) is 29.2. The molecule has 0 spiro atoms. The highest BCUT2D eigenvalue weighted by Gasteiger charge is 2.38. The van der Waals surface area contributed by atoms with Crippen molar-refractivity contribution < 1.29 is 65.7 Å². The van der Waals surface area contributed by atoms with Gasteiger partial charge in [0.25, 0.3) is 11.8 Å². The Morgan fingerprint density at radius 3 is 2.12 bits per heavy atom. The molecule has 2 aromatic carbocycles. The summed E-state index contributed by atoms with van der Waals surface area (Å²) in [4.78, 5) is 106. The van der Waals surface area contributed by atoms with Crippen molar-refractivity contribution in [2.24, 2.45) is 5.41 Å². The summed E-state index contributed by atoms with van der Waals surface area (Å²) in [7, 11) is -4.88. The molecule has 0 aliphatic carbocycles. The molecule has 1 aliphatic heterocycles. The third-order valence-electron chi connectivity index (χ3n) is 11.8. The van der Waals surface area contributed by atoms with Gasteiger partial charge in [0.05, 0.1) is 36.3 Å². The van der Waals surface area contributed by atoms with E-state index in [-0.39, 0.29) is 80.6 Å². The molecule has 0 saturated heterocycles. The predicted octanol–water partition coefficient (Wildman–Crippen LogP) is 7.10. The first-order valence-corrected chi connectivity index (χ1v) is 32.5. The van der Waals surface area contributed by atoms with Gasteiger partial charge in [-0.25, -0.2) is 13.6 Å². The van der Waals surface area contributed by atoms with Crippen LogP contribution in [0.5, 0.6) is 0 Å². The fourth-order valence-electron chi connectivity index (χ4n) is 8.06. The molecule has 7 amide bonds. The Kier molecular flexibility index (Phi) is 24.1. The number of benzene rings is 2. The van der Waals surface area contributed by atoms with E-state index < -0.39 is 107 Å². The number of halogens is 2. The van der Waals surface area contributed by atoms with Gasteiger partial charge in [-0.05, 0) is 68.5 Å². The van der Waals surface area contributed by atoms with Crippen molar-refractivity contribution in [2.75, 3.05) is 62.3 Å². The van der Waals surface area contributed by atoms with Gasteiger partial charge < -0.3 is 40.2 Å². The highest BCUT2D eigenvalue weighted by atomic mass is 32.3. The van der Waals surface area contributed by atoms with Crippen LogP contribution in [0.3, 0.4) is 0 Å². The lowest BCUT2D eigenvalue weighted by Gasteiger charge is -2.41. The lowest BCUT2D eigenvalue weighted by atomic mass is 9.83. The number of esters is 1. The molecule has 78 heavy (non-hydrogen) atoms. The fraction of sp³-hybridized carbons (Fsp3) is 0.519. The first kappa shape index (κ1) is 64.4. The predicted molar refractivity (Wildman–Crippen MR) is 300 cm³/mol. The Balaban J connectivity index is 1.58. The quantitative estimate of drug-likeness (QED) is 0.0176. The van der Waals surface area contributed by atoms with Crippen LogP contribution in [0.4, 0.5) is 13.6 Å². The number of alkyl carbamates (subject to hydrolysis) is 1. The van der Waals surface area contributed by atoms with E-state index in [1.807, 2.05) is 55.7 Å². The van der Waals surface area contributed by atoms with E-state index in [4.69, 9.17) is 9.47 Å². The number of rotatable bonds is 29. The van der Waals surface area contributed by atoms with Crippen LogP contribution in [-0.2, 0) is 49.6 Å². The lowest BCUT2D eigenvalue weighted by molar-refractivity contribution is -0.155. The fourth-order valence-corrected chi connectivity index (χ4v) is 10.8. The van der Waals surface area contributed by atoms with Crippen LogP contribution < -0.4 is 21.3 Å². The zero-order chi connectivity index (χ0) is 58.0. The van der Waals surface area contributed by atoms with Gasteiger partial charge in [-0.1, -0.05) is 70.7 Å². The lowest BCUT2D eigenvalue weighted by Crippen LogP contribution is -2.49. The average Bonchev–Trinajstić information content (AvgIpc) is 3.90. The Morgan fingerprint density at radius 1 is 0.833 bits per heavy atom. The number of aromatic nitrogens is 1. The number of ether oxygens (including phenoxy) is 2. The van der Waals surface area contributed by atoms with E-state index in [1.54, 1.807) is 37.9 Å². The molecule has 0 saturated carbocycles. The molecule has 24 heteroatoms. The summed E-state index contributed by atoms with van der Waals surface area (Å²) in [5.74, 6) is -6.78. The first-order chi connectivity index (χ1) is 36.4. The molecule has 3 aromatic rings. The summed E-state index contributed by atoms with van der Waals surface area (Å²) < 4.78 is 64.4.